The fraction of sp³-hybridized carbons (Fsp3) is 0.125. The molecule has 0 aliphatic carbocycles. The normalized spacial score (nSPS) is 18.8. The molecule has 0 aromatic heterocycles. The van der Waals surface area contributed by atoms with Crippen molar-refractivity contribution in [3.05, 3.63) is 23.8 Å². The van der Waals surface area contributed by atoms with E-state index in [1.807, 2.05) is 0 Å². The number of alkyl halides is 2. The molecule has 0 spiro atoms. The molecule has 13 heavy (non-hydrogen) atoms. The topological polar surface area (TPSA) is 43.1 Å². The van der Waals surface area contributed by atoms with Gasteiger partial charge in [-0.25, -0.2) is 0 Å². The second-order valence-corrected chi connectivity index (χ2v) is 5.67. The number of nitrogens with two attached hydrogens (primary N) is 1. The molecule has 0 fully saturated rings. The molecule has 0 unspecified atom stereocenters. The fourth-order valence-corrected chi connectivity index (χ4v) is 2.76. The van der Waals surface area contributed by atoms with Crippen LogP contribution in [0.3, 0.4) is 0 Å². The van der Waals surface area contributed by atoms with E-state index in [1.165, 1.54) is 0 Å². The van der Waals surface area contributed by atoms with Crippen molar-refractivity contribution < 1.29 is 4.79 Å². The second kappa shape index (κ2) is 2.80. The number of anilines is 1. The summed E-state index contributed by atoms with van der Waals surface area (Å²) in [7, 11) is 0. The molecule has 1 heterocycles. The average Bonchev–Trinajstić information content (AvgIpc) is 2.28. The summed E-state index contributed by atoms with van der Waals surface area (Å²) in [5.74, 6) is -0.289. The van der Waals surface area contributed by atoms with E-state index in [4.69, 9.17) is 28.9 Å². The number of thioether (sulfide) groups is 1. The molecular formula is C8H5Cl2NOS. The number of benzene rings is 1. The Morgan fingerprint density at radius 2 is 2.08 bits per heavy atom. The summed E-state index contributed by atoms with van der Waals surface area (Å²) in [6.45, 7) is 0. The van der Waals surface area contributed by atoms with E-state index in [1.54, 1.807) is 18.2 Å². The van der Waals surface area contributed by atoms with Crippen LogP contribution in [0.15, 0.2) is 23.1 Å². The van der Waals surface area contributed by atoms with Crippen LogP contribution in [0, 0.1) is 0 Å². The Morgan fingerprint density at radius 3 is 2.69 bits per heavy atom. The van der Waals surface area contributed by atoms with Gasteiger partial charge < -0.3 is 5.73 Å². The zero-order valence-electron chi connectivity index (χ0n) is 6.38. The highest BCUT2D eigenvalue weighted by molar-refractivity contribution is 8.05. The zero-order valence-corrected chi connectivity index (χ0v) is 8.71. The molecule has 0 bridgehead atoms. The summed E-state index contributed by atoms with van der Waals surface area (Å²) in [6, 6.07) is 5.10. The minimum atomic E-state index is -1.40. The summed E-state index contributed by atoms with van der Waals surface area (Å²) in [4.78, 5) is 12.2. The van der Waals surface area contributed by atoms with E-state index < -0.39 is 3.67 Å². The molecule has 1 aliphatic rings. The van der Waals surface area contributed by atoms with E-state index in [0.717, 1.165) is 11.8 Å². The molecule has 0 amide bonds. The number of carbonyl (C=O) groups is 1. The SMILES string of the molecule is Nc1cccc2c1SC(Cl)(Cl)C2=O. The van der Waals surface area contributed by atoms with Crippen molar-refractivity contribution in [2.24, 2.45) is 0 Å². The van der Waals surface area contributed by atoms with Crippen molar-refractivity contribution in [1.29, 1.82) is 0 Å². The van der Waals surface area contributed by atoms with Gasteiger partial charge in [0.25, 0.3) is 0 Å². The number of ketones is 1. The first kappa shape index (κ1) is 9.19. The lowest BCUT2D eigenvalue weighted by atomic mass is 10.1. The molecule has 2 N–H and O–H groups in total. The third kappa shape index (κ3) is 1.31. The molecule has 2 rings (SSSR count). The van der Waals surface area contributed by atoms with Gasteiger partial charge in [0, 0.05) is 16.1 Å². The van der Waals surface area contributed by atoms with Crippen molar-refractivity contribution in [1.82, 2.24) is 0 Å². The van der Waals surface area contributed by atoms with Crippen LogP contribution >= 0.6 is 35.0 Å². The van der Waals surface area contributed by atoms with E-state index in [2.05, 4.69) is 0 Å². The molecule has 1 aromatic rings. The summed E-state index contributed by atoms with van der Waals surface area (Å²) in [6.07, 6.45) is 0. The molecular weight excluding hydrogens is 229 g/mol. The smallest absolute Gasteiger partial charge is 0.230 e. The Kier molecular flexibility index (Phi) is 1.98. The molecule has 2 nitrogen and oxygen atoms in total. The Balaban J connectivity index is 2.63. The van der Waals surface area contributed by atoms with Gasteiger partial charge in [-0.15, -0.1) is 0 Å². The van der Waals surface area contributed by atoms with E-state index in [-0.39, 0.29) is 5.78 Å². The van der Waals surface area contributed by atoms with Crippen LogP contribution in [0.2, 0.25) is 0 Å². The van der Waals surface area contributed by atoms with Gasteiger partial charge >= 0.3 is 0 Å². The second-order valence-electron chi connectivity index (χ2n) is 2.67. The third-order valence-corrected chi connectivity index (χ3v) is 3.69. The Bertz CT molecular complexity index is 392. The van der Waals surface area contributed by atoms with Crippen LogP contribution in [-0.4, -0.2) is 9.45 Å². The van der Waals surface area contributed by atoms with Crippen molar-refractivity contribution in [3.8, 4) is 0 Å². The predicted octanol–water partition coefficient (Wildman–Crippen LogP) is 2.69. The molecule has 1 aliphatic heterocycles. The minimum absolute atomic E-state index is 0.289. The standard InChI is InChI=1S/C8H5Cl2NOS/c9-8(10)7(12)4-2-1-3-5(11)6(4)13-8/h1-3H,11H2. The number of rotatable bonds is 0. The van der Waals surface area contributed by atoms with E-state index in [0.29, 0.717) is 16.1 Å². The van der Waals surface area contributed by atoms with Gasteiger partial charge in [-0.05, 0) is 12.1 Å². The number of nitrogen functional groups attached to an aromatic ring is 1. The Labute approximate surface area is 89.4 Å². The number of carbonyl (C=O) groups excluding carboxylic acids is 1. The maximum absolute atomic E-state index is 11.5. The Morgan fingerprint density at radius 1 is 1.38 bits per heavy atom. The highest BCUT2D eigenvalue weighted by Gasteiger charge is 2.44. The van der Waals surface area contributed by atoms with Gasteiger partial charge in [-0.3, -0.25) is 4.79 Å². The first-order valence-electron chi connectivity index (χ1n) is 3.52. The molecule has 1 aromatic carbocycles. The van der Waals surface area contributed by atoms with Crippen LogP contribution in [0.1, 0.15) is 10.4 Å². The minimum Gasteiger partial charge on any atom is -0.398 e. The zero-order chi connectivity index (χ0) is 9.64. The summed E-state index contributed by atoms with van der Waals surface area (Å²) in [5, 5.41) is 0. The monoisotopic (exact) mass is 233 g/mol. The largest absolute Gasteiger partial charge is 0.398 e. The molecule has 0 atom stereocenters. The Hall–Kier alpha value is -0.380. The molecule has 0 saturated carbocycles. The highest BCUT2D eigenvalue weighted by atomic mass is 35.5. The van der Waals surface area contributed by atoms with Crippen LogP contribution < -0.4 is 5.73 Å². The molecule has 0 radical (unpaired) electrons. The van der Waals surface area contributed by atoms with E-state index >= 15 is 0 Å². The third-order valence-electron chi connectivity index (χ3n) is 1.78. The average molecular weight is 234 g/mol. The lowest BCUT2D eigenvalue weighted by Crippen LogP contribution is -2.15. The van der Waals surface area contributed by atoms with Crippen molar-refractivity contribution in [3.63, 3.8) is 0 Å². The van der Waals surface area contributed by atoms with Crippen LogP contribution in [0.4, 0.5) is 5.69 Å². The number of hydrogen-bond acceptors (Lipinski definition) is 3. The van der Waals surface area contributed by atoms with Crippen molar-refractivity contribution >= 4 is 46.4 Å². The molecule has 68 valence electrons. The number of Topliss-reactive ketones (excluding diaryl/α,β-unsaturated/α-hetero) is 1. The first-order valence-corrected chi connectivity index (χ1v) is 5.10. The maximum Gasteiger partial charge on any atom is 0.230 e. The number of fused-ring (bicyclic) bond motifs is 1. The van der Waals surface area contributed by atoms with Crippen molar-refractivity contribution in [2.45, 2.75) is 8.56 Å². The van der Waals surface area contributed by atoms with Gasteiger partial charge in [0.1, 0.15) is 0 Å². The predicted molar refractivity (Wildman–Crippen MR) is 55.5 cm³/mol. The van der Waals surface area contributed by atoms with Gasteiger partial charge in [0.15, 0.2) is 0 Å². The van der Waals surface area contributed by atoms with Crippen molar-refractivity contribution in [2.75, 3.05) is 5.73 Å². The summed E-state index contributed by atoms with van der Waals surface area (Å²) >= 11 is 12.6. The first-order chi connectivity index (χ1) is 6.02. The number of halogens is 2. The lowest BCUT2D eigenvalue weighted by molar-refractivity contribution is 0.100. The van der Waals surface area contributed by atoms with Gasteiger partial charge in [-0.1, -0.05) is 41.0 Å². The van der Waals surface area contributed by atoms with Gasteiger partial charge in [0.05, 0.1) is 0 Å². The molecule has 0 saturated heterocycles. The van der Waals surface area contributed by atoms with E-state index in [9.17, 15) is 4.79 Å². The fourth-order valence-electron chi connectivity index (χ4n) is 1.18. The highest BCUT2D eigenvalue weighted by Crippen LogP contribution is 2.52. The van der Waals surface area contributed by atoms with Crippen LogP contribution in [0.25, 0.3) is 0 Å². The summed E-state index contributed by atoms with van der Waals surface area (Å²) in [5.41, 5.74) is 6.71. The lowest BCUT2D eigenvalue weighted by Gasteiger charge is -2.06. The quantitative estimate of drug-likeness (QED) is 0.554. The maximum atomic E-state index is 11.5. The summed E-state index contributed by atoms with van der Waals surface area (Å²) < 4.78 is -1.40. The van der Waals surface area contributed by atoms with Gasteiger partial charge in [0.2, 0.25) is 9.45 Å². The molecule has 5 heteroatoms. The van der Waals surface area contributed by atoms with Crippen LogP contribution in [0.5, 0.6) is 0 Å². The van der Waals surface area contributed by atoms with Gasteiger partial charge in [-0.2, -0.15) is 0 Å². The van der Waals surface area contributed by atoms with Crippen LogP contribution in [-0.2, 0) is 0 Å². The number of hydrogen-bond donors (Lipinski definition) is 1.